The Bertz CT molecular complexity index is 1010. The monoisotopic (exact) mass is 297 g/mol. The van der Waals surface area contributed by atoms with Crippen molar-refractivity contribution in [2.45, 2.75) is 20.3 Å². The van der Waals surface area contributed by atoms with Gasteiger partial charge in [-0.2, -0.15) is 0 Å². The Kier molecular flexibility index (Phi) is 3.34. The molecule has 0 atom stereocenters. The summed E-state index contributed by atoms with van der Waals surface area (Å²) in [4.78, 5) is 4.68. The first-order valence-electron chi connectivity index (χ1n) is 8.04. The van der Waals surface area contributed by atoms with Crippen LogP contribution in [-0.4, -0.2) is 4.98 Å². The minimum absolute atomic E-state index is 0.862. The number of aryl methyl sites for hydroxylation is 2. The normalized spacial score (nSPS) is 11.2. The Balaban J connectivity index is 1.88. The highest BCUT2D eigenvalue weighted by Crippen LogP contribution is 2.26. The molecule has 112 valence electrons. The number of aromatic nitrogens is 1. The Morgan fingerprint density at radius 3 is 2.43 bits per heavy atom. The molecule has 0 radical (unpaired) electrons. The van der Waals surface area contributed by atoms with E-state index in [4.69, 9.17) is 0 Å². The van der Waals surface area contributed by atoms with Crippen molar-refractivity contribution in [2.24, 2.45) is 0 Å². The summed E-state index contributed by atoms with van der Waals surface area (Å²) >= 11 is 0. The van der Waals surface area contributed by atoms with E-state index in [1.807, 2.05) is 6.20 Å². The first kappa shape index (κ1) is 14.0. The summed E-state index contributed by atoms with van der Waals surface area (Å²) in [7, 11) is 0. The average molecular weight is 297 g/mol. The molecule has 3 aromatic carbocycles. The molecule has 0 fully saturated rings. The lowest BCUT2D eigenvalue weighted by molar-refractivity contribution is 1.11. The summed E-state index contributed by atoms with van der Waals surface area (Å²) in [6, 6.07) is 21.7. The van der Waals surface area contributed by atoms with E-state index in [1.165, 1.54) is 38.2 Å². The van der Waals surface area contributed by atoms with Gasteiger partial charge in [-0.3, -0.25) is 4.98 Å². The Labute approximate surface area is 136 Å². The number of pyridine rings is 1. The largest absolute Gasteiger partial charge is 0.260 e. The first-order valence-corrected chi connectivity index (χ1v) is 8.04. The molecular formula is C22H19N. The predicted molar refractivity (Wildman–Crippen MR) is 98.0 cm³/mol. The van der Waals surface area contributed by atoms with E-state index < -0.39 is 0 Å². The molecule has 0 spiro atoms. The molecule has 0 aliphatic carbocycles. The molecule has 0 amide bonds. The maximum absolute atomic E-state index is 4.68. The maximum atomic E-state index is 4.68. The predicted octanol–water partition coefficient (Wildman–Crippen LogP) is 5.60. The molecule has 0 saturated heterocycles. The highest BCUT2D eigenvalue weighted by atomic mass is 14.7. The first-order chi connectivity index (χ1) is 11.2. The second-order valence-electron chi connectivity index (χ2n) is 6.23. The van der Waals surface area contributed by atoms with Crippen molar-refractivity contribution in [1.29, 1.82) is 0 Å². The molecule has 0 bridgehead atoms. The van der Waals surface area contributed by atoms with Crippen LogP contribution in [0.2, 0.25) is 0 Å². The second-order valence-corrected chi connectivity index (χ2v) is 6.23. The second kappa shape index (κ2) is 5.51. The smallest absolute Gasteiger partial charge is 0.0525 e. The molecule has 1 nitrogen and oxygen atoms in total. The minimum Gasteiger partial charge on any atom is -0.260 e. The number of fused-ring (bicyclic) bond motifs is 2. The zero-order valence-corrected chi connectivity index (χ0v) is 13.5. The third kappa shape index (κ3) is 2.49. The Hall–Kier alpha value is -2.67. The highest BCUT2D eigenvalue weighted by Gasteiger charge is 2.08. The zero-order chi connectivity index (χ0) is 15.8. The summed E-state index contributed by atoms with van der Waals surface area (Å²) in [6.07, 6.45) is 2.79. The van der Waals surface area contributed by atoms with Gasteiger partial charge in [0.05, 0.1) is 5.69 Å². The summed E-state index contributed by atoms with van der Waals surface area (Å²) in [5.74, 6) is 0. The molecule has 4 rings (SSSR count). The number of rotatable bonds is 2. The topological polar surface area (TPSA) is 12.9 Å². The molecule has 1 aromatic heterocycles. The minimum atomic E-state index is 0.862. The van der Waals surface area contributed by atoms with Gasteiger partial charge in [-0.05, 0) is 58.8 Å². The molecule has 4 aromatic rings. The van der Waals surface area contributed by atoms with E-state index in [0.717, 1.165) is 12.1 Å². The number of hydrogen-bond acceptors (Lipinski definition) is 1. The van der Waals surface area contributed by atoms with Crippen LogP contribution in [0.1, 0.15) is 22.4 Å². The molecule has 1 heteroatoms. The van der Waals surface area contributed by atoms with Gasteiger partial charge in [-0.15, -0.1) is 0 Å². The lowest BCUT2D eigenvalue weighted by atomic mass is 9.96. The van der Waals surface area contributed by atoms with Crippen molar-refractivity contribution >= 4 is 21.5 Å². The van der Waals surface area contributed by atoms with E-state index in [-0.39, 0.29) is 0 Å². The molecule has 0 aliphatic heterocycles. The summed E-state index contributed by atoms with van der Waals surface area (Å²) < 4.78 is 0. The van der Waals surface area contributed by atoms with E-state index in [9.17, 15) is 0 Å². The highest BCUT2D eigenvalue weighted by molar-refractivity contribution is 5.89. The molecule has 23 heavy (non-hydrogen) atoms. The fraction of sp³-hybridized carbons (Fsp3) is 0.136. The van der Waals surface area contributed by atoms with Gasteiger partial charge in [-0.25, -0.2) is 0 Å². The third-order valence-electron chi connectivity index (χ3n) is 4.70. The maximum Gasteiger partial charge on any atom is 0.0525 e. The average Bonchev–Trinajstić information content (AvgIpc) is 2.57. The van der Waals surface area contributed by atoms with E-state index in [2.05, 4.69) is 79.5 Å². The van der Waals surface area contributed by atoms with Gasteiger partial charge in [0.2, 0.25) is 0 Å². The third-order valence-corrected chi connectivity index (χ3v) is 4.70. The molecule has 0 unspecified atom stereocenters. The lowest BCUT2D eigenvalue weighted by Crippen LogP contribution is -1.96. The van der Waals surface area contributed by atoms with Crippen LogP contribution < -0.4 is 0 Å². The molecule has 0 aliphatic rings. The fourth-order valence-electron chi connectivity index (χ4n) is 3.27. The number of benzene rings is 3. The summed E-state index contributed by atoms with van der Waals surface area (Å²) in [5.41, 5.74) is 5.15. The molecular weight excluding hydrogens is 278 g/mol. The van der Waals surface area contributed by atoms with Crippen molar-refractivity contribution in [3.63, 3.8) is 0 Å². The quantitative estimate of drug-likeness (QED) is 0.469. The van der Waals surface area contributed by atoms with Gasteiger partial charge in [-0.1, -0.05) is 48.5 Å². The van der Waals surface area contributed by atoms with Crippen LogP contribution >= 0.6 is 0 Å². The van der Waals surface area contributed by atoms with Crippen molar-refractivity contribution in [1.82, 2.24) is 4.98 Å². The Morgan fingerprint density at radius 2 is 1.52 bits per heavy atom. The van der Waals surface area contributed by atoms with E-state index in [1.54, 1.807) is 0 Å². The van der Waals surface area contributed by atoms with Crippen molar-refractivity contribution in [3.8, 4) is 0 Å². The lowest BCUT2D eigenvalue weighted by Gasteiger charge is -2.10. The van der Waals surface area contributed by atoms with Crippen LogP contribution in [0, 0.1) is 13.8 Å². The molecule has 1 heterocycles. The van der Waals surface area contributed by atoms with E-state index >= 15 is 0 Å². The SMILES string of the molecule is Cc1cc2ccnc(Cc3cccc4ccccc34)c2cc1C. The van der Waals surface area contributed by atoms with Gasteiger partial charge in [0.1, 0.15) is 0 Å². The van der Waals surface area contributed by atoms with Crippen molar-refractivity contribution < 1.29 is 0 Å². The van der Waals surface area contributed by atoms with Crippen LogP contribution in [0.3, 0.4) is 0 Å². The molecule has 0 saturated carbocycles. The van der Waals surface area contributed by atoms with Crippen molar-refractivity contribution in [3.05, 3.63) is 89.2 Å². The van der Waals surface area contributed by atoms with E-state index in [0.29, 0.717) is 0 Å². The van der Waals surface area contributed by atoms with Gasteiger partial charge in [0.25, 0.3) is 0 Å². The zero-order valence-electron chi connectivity index (χ0n) is 13.5. The van der Waals surface area contributed by atoms with Gasteiger partial charge < -0.3 is 0 Å². The van der Waals surface area contributed by atoms with Crippen LogP contribution in [0.5, 0.6) is 0 Å². The number of nitrogens with zero attached hydrogens (tertiary/aromatic N) is 1. The van der Waals surface area contributed by atoms with Crippen LogP contribution in [0.4, 0.5) is 0 Å². The Morgan fingerprint density at radius 1 is 0.739 bits per heavy atom. The standard InChI is InChI=1S/C22H19N/c1-15-12-19-10-11-23-22(21(19)13-16(15)2)14-18-8-5-7-17-6-3-4-9-20(17)18/h3-13H,14H2,1-2H3. The summed E-state index contributed by atoms with van der Waals surface area (Å²) in [5, 5.41) is 5.15. The van der Waals surface area contributed by atoms with Gasteiger partial charge >= 0.3 is 0 Å². The van der Waals surface area contributed by atoms with Crippen LogP contribution in [-0.2, 0) is 6.42 Å². The van der Waals surface area contributed by atoms with Gasteiger partial charge in [0.15, 0.2) is 0 Å². The number of hydrogen-bond donors (Lipinski definition) is 0. The van der Waals surface area contributed by atoms with Crippen LogP contribution in [0.15, 0.2) is 66.9 Å². The van der Waals surface area contributed by atoms with Gasteiger partial charge in [0, 0.05) is 18.0 Å². The fourth-order valence-corrected chi connectivity index (χ4v) is 3.27. The summed E-state index contributed by atoms with van der Waals surface area (Å²) in [6.45, 7) is 4.34. The van der Waals surface area contributed by atoms with Crippen molar-refractivity contribution in [2.75, 3.05) is 0 Å². The molecule has 0 N–H and O–H groups in total. The van der Waals surface area contributed by atoms with Crippen LogP contribution in [0.25, 0.3) is 21.5 Å².